The van der Waals surface area contributed by atoms with Crippen molar-refractivity contribution >= 4 is 38.8 Å². The molecule has 0 unspecified atom stereocenters. The van der Waals surface area contributed by atoms with Gasteiger partial charge in [0.05, 0.1) is 5.69 Å². The van der Waals surface area contributed by atoms with Crippen molar-refractivity contribution < 1.29 is 17.9 Å². The van der Waals surface area contributed by atoms with Crippen LogP contribution in [0.3, 0.4) is 0 Å². The maximum atomic E-state index is 13.0. The van der Waals surface area contributed by atoms with E-state index in [1.165, 1.54) is 13.2 Å². The van der Waals surface area contributed by atoms with E-state index < -0.39 is 10.0 Å². The number of amidine groups is 1. The van der Waals surface area contributed by atoms with Gasteiger partial charge in [-0.1, -0.05) is 31.0 Å². The zero-order chi connectivity index (χ0) is 20.4. The third-order valence-electron chi connectivity index (χ3n) is 5.22. The maximum absolute atomic E-state index is 13.0. The number of benzene rings is 2. The van der Waals surface area contributed by atoms with Crippen molar-refractivity contribution in [1.82, 2.24) is 0 Å². The van der Waals surface area contributed by atoms with Gasteiger partial charge in [-0.3, -0.25) is 9.69 Å². The van der Waals surface area contributed by atoms with Crippen LogP contribution in [0.25, 0.3) is 0 Å². The van der Waals surface area contributed by atoms with Crippen LogP contribution in [0.2, 0.25) is 0 Å². The van der Waals surface area contributed by atoms with Crippen LogP contribution in [0.4, 0.5) is 17.1 Å². The SMILES string of the molecule is COCC(=O)Nc1ccc2c(c1)S(=O)(=O)N=C(C1CCCC1)N2c1ccccc1. The molecule has 2 aromatic rings. The fourth-order valence-corrected chi connectivity index (χ4v) is 5.21. The molecule has 1 N–H and O–H groups in total. The number of sulfonamides is 1. The summed E-state index contributed by atoms with van der Waals surface area (Å²) in [4.78, 5) is 13.8. The number of carbonyl (C=O) groups excluding carboxylic acids is 1. The monoisotopic (exact) mass is 413 g/mol. The number of hydrogen-bond donors (Lipinski definition) is 1. The number of nitrogens with zero attached hydrogens (tertiary/aromatic N) is 2. The molecule has 1 saturated carbocycles. The molecule has 0 bridgehead atoms. The lowest BCUT2D eigenvalue weighted by Crippen LogP contribution is -2.36. The first kappa shape index (κ1) is 19.6. The van der Waals surface area contributed by atoms with Gasteiger partial charge < -0.3 is 10.1 Å². The summed E-state index contributed by atoms with van der Waals surface area (Å²) in [6.45, 7) is -0.107. The normalized spacial score (nSPS) is 18.2. The number of anilines is 3. The van der Waals surface area contributed by atoms with Gasteiger partial charge in [-0.2, -0.15) is 8.42 Å². The molecule has 152 valence electrons. The molecule has 29 heavy (non-hydrogen) atoms. The number of carbonyl (C=O) groups is 1. The zero-order valence-electron chi connectivity index (χ0n) is 16.2. The Balaban J connectivity index is 1.82. The molecule has 1 heterocycles. The molecule has 1 amide bonds. The molecule has 0 aromatic heterocycles. The summed E-state index contributed by atoms with van der Waals surface area (Å²) in [6, 6.07) is 14.5. The van der Waals surface area contributed by atoms with E-state index in [-0.39, 0.29) is 23.3 Å². The Morgan fingerprint density at radius 1 is 1.17 bits per heavy atom. The number of para-hydroxylation sites is 1. The molecular weight excluding hydrogens is 390 g/mol. The fraction of sp³-hybridized carbons (Fsp3) is 0.333. The van der Waals surface area contributed by atoms with E-state index in [0.717, 1.165) is 31.4 Å². The van der Waals surface area contributed by atoms with E-state index >= 15 is 0 Å². The van der Waals surface area contributed by atoms with Gasteiger partial charge in [-0.15, -0.1) is 4.40 Å². The summed E-state index contributed by atoms with van der Waals surface area (Å²) < 4.78 is 35.1. The number of rotatable bonds is 5. The van der Waals surface area contributed by atoms with Gasteiger partial charge in [-0.25, -0.2) is 0 Å². The molecule has 8 heteroatoms. The Kier molecular flexibility index (Phi) is 5.38. The minimum Gasteiger partial charge on any atom is -0.375 e. The summed E-state index contributed by atoms with van der Waals surface area (Å²) in [7, 11) is -2.45. The van der Waals surface area contributed by atoms with E-state index in [2.05, 4.69) is 9.71 Å². The smallest absolute Gasteiger partial charge is 0.286 e. The van der Waals surface area contributed by atoms with Crippen molar-refractivity contribution in [2.75, 3.05) is 23.9 Å². The highest BCUT2D eigenvalue weighted by Gasteiger charge is 2.36. The first-order valence-corrected chi connectivity index (χ1v) is 11.1. The van der Waals surface area contributed by atoms with Crippen molar-refractivity contribution in [3.05, 3.63) is 48.5 Å². The summed E-state index contributed by atoms with van der Waals surface area (Å²) in [6.07, 6.45) is 4.00. The lowest BCUT2D eigenvalue weighted by Gasteiger charge is -2.33. The Morgan fingerprint density at radius 2 is 1.90 bits per heavy atom. The van der Waals surface area contributed by atoms with Gasteiger partial charge in [0.25, 0.3) is 10.0 Å². The summed E-state index contributed by atoms with van der Waals surface area (Å²) >= 11 is 0. The Hall–Kier alpha value is -2.71. The third kappa shape index (κ3) is 3.90. The molecule has 4 rings (SSSR count). The molecule has 7 nitrogen and oxygen atoms in total. The number of fused-ring (bicyclic) bond motifs is 1. The Labute approximate surface area is 170 Å². The summed E-state index contributed by atoms with van der Waals surface area (Å²) in [5.41, 5.74) is 1.81. The highest BCUT2D eigenvalue weighted by molar-refractivity contribution is 7.90. The standard InChI is InChI=1S/C21H23N3O4S/c1-28-14-20(25)22-16-11-12-18-19(13-16)29(26,27)23-21(15-7-5-6-8-15)24(18)17-9-3-2-4-10-17/h2-4,9-13,15H,5-8,14H2,1H3,(H,22,25). The van der Waals surface area contributed by atoms with E-state index in [1.54, 1.807) is 12.1 Å². The molecule has 2 aromatic carbocycles. The van der Waals surface area contributed by atoms with Crippen LogP contribution in [0, 0.1) is 5.92 Å². The van der Waals surface area contributed by atoms with Crippen LogP contribution < -0.4 is 10.2 Å². The highest BCUT2D eigenvalue weighted by atomic mass is 32.2. The van der Waals surface area contributed by atoms with Crippen LogP contribution in [0.15, 0.2) is 57.8 Å². The van der Waals surface area contributed by atoms with E-state index in [9.17, 15) is 13.2 Å². The molecule has 1 fully saturated rings. The van der Waals surface area contributed by atoms with Gasteiger partial charge in [0.15, 0.2) is 0 Å². The van der Waals surface area contributed by atoms with Crippen LogP contribution in [0.1, 0.15) is 25.7 Å². The molecule has 2 aliphatic rings. The number of ether oxygens (including phenoxy) is 1. The van der Waals surface area contributed by atoms with Gasteiger partial charge >= 0.3 is 0 Å². The molecule has 0 saturated heterocycles. The van der Waals surface area contributed by atoms with Crippen LogP contribution in [0.5, 0.6) is 0 Å². The van der Waals surface area contributed by atoms with Crippen molar-refractivity contribution in [3.63, 3.8) is 0 Å². The van der Waals surface area contributed by atoms with E-state index in [4.69, 9.17) is 4.74 Å². The van der Waals surface area contributed by atoms with Crippen molar-refractivity contribution in [2.24, 2.45) is 10.3 Å². The second kappa shape index (κ2) is 7.96. The average molecular weight is 413 g/mol. The van der Waals surface area contributed by atoms with E-state index in [1.807, 2.05) is 35.2 Å². The summed E-state index contributed by atoms with van der Waals surface area (Å²) in [5, 5.41) is 2.66. The topological polar surface area (TPSA) is 88.1 Å². The largest absolute Gasteiger partial charge is 0.375 e. The highest BCUT2D eigenvalue weighted by Crippen LogP contribution is 2.42. The number of amides is 1. The lowest BCUT2D eigenvalue weighted by atomic mass is 10.0. The maximum Gasteiger partial charge on any atom is 0.286 e. The summed E-state index contributed by atoms with van der Waals surface area (Å²) in [5.74, 6) is 0.340. The fourth-order valence-electron chi connectivity index (χ4n) is 3.94. The number of nitrogens with one attached hydrogen (secondary N) is 1. The second-order valence-electron chi connectivity index (χ2n) is 7.24. The van der Waals surface area contributed by atoms with Crippen LogP contribution in [-0.4, -0.2) is 33.9 Å². The first-order valence-electron chi connectivity index (χ1n) is 9.62. The number of methoxy groups -OCH3 is 1. The van der Waals surface area contributed by atoms with Crippen LogP contribution in [-0.2, 0) is 19.6 Å². The van der Waals surface area contributed by atoms with Crippen LogP contribution >= 0.6 is 0 Å². The molecule has 1 aliphatic carbocycles. The Bertz CT molecular complexity index is 1040. The lowest BCUT2D eigenvalue weighted by molar-refractivity contribution is -0.119. The van der Waals surface area contributed by atoms with Crippen molar-refractivity contribution in [2.45, 2.75) is 30.6 Å². The van der Waals surface area contributed by atoms with E-state index in [0.29, 0.717) is 17.2 Å². The number of hydrogen-bond acceptors (Lipinski definition) is 5. The predicted molar refractivity (Wildman–Crippen MR) is 112 cm³/mol. The predicted octanol–water partition coefficient (Wildman–Crippen LogP) is 3.70. The third-order valence-corrected chi connectivity index (χ3v) is 6.53. The second-order valence-corrected chi connectivity index (χ2v) is 8.81. The molecule has 0 atom stereocenters. The minimum atomic E-state index is -3.88. The average Bonchev–Trinajstić information content (AvgIpc) is 3.23. The molecule has 1 aliphatic heterocycles. The zero-order valence-corrected chi connectivity index (χ0v) is 17.0. The van der Waals surface area contributed by atoms with Gasteiger partial charge in [0.1, 0.15) is 17.3 Å². The van der Waals surface area contributed by atoms with Gasteiger partial charge in [-0.05, 0) is 43.2 Å². The van der Waals surface area contributed by atoms with Crippen molar-refractivity contribution in [1.29, 1.82) is 0 Å². The Morgan fingerprint density at radius 3 is 2.59 bits per heavy atom. The molecule has 0 spiro atoms. The first-order chi connectivity index (χ1) is 14.0. The van der Waals surface area contributed by atoms with Gasteiger partial charge in [0, 0.05) is 24.4 Å². The van der Waals surface area contributed by atoms with Gasteiger partial charge in [0.2, 0.25) is 5.91 Å². The van der Waals surface area contributed by atoms with Crippen molar-refractivity contribution in [3.8, 4) is 0 Å². The molecule has 0 radical (unpaired) electrons. The quantitative estimate of drug-likeness (QED) is 0.807. The molecular formula is C21H23N3O4S. The minimum absolute atomic E-state index is 0.0818.